The Hall–Kier alpha value is -5.84. The van der Waals surface area contributed by atoms with Crippen LogP contribution >= 0.6 is 0 Å². The number of fused-ring (bicyclic) bond motifs is 3. The Kier molecular flexibility index (Phi) is 7.05. The van der Waals surface area contributed by atoms with Gasteiger partial charge in [0.05, 0.1) is 42.0 Å². The molecular weight excluding hydrogens is 578 g/mol. The molecular formula is C34H16F6N4. The standard InChI is InChI=1S/C34H16F6N4/c1-17-5-19(9-22(7-17)33(35,36)37)24-12-26-27-13-25(20-6-18(2)8-23(10-20)34(38,39)40)30(43-3)14-29(27)32(31(16-42)44-4)28(26)11-21(24)15-41/h5-14H,1-2H3/b32-31-. The number of nitriles is 2. The predicted molar refractivity (Wildman–Crippen MR) is 151 cm³/mol. The highest BCUT2D eigenvalue weighted by atomic mass is 19.4. The molecule has 0 saturated carbocycles. The zero-order chi connectivity index (χ0) is 32.1. The maximum Gasteiger partial charge on any atom is 0.416 e. The molecule has 4 nitrogen and oxygen atoms in total. The predicted octanol–water partition coefficient (Wildman–Crippen LogP) is 10.3. The van der Waals surface area contributed by atoms with E-state index in [9.17, 15) is 36.9 Å². The summed E-state index contributed by atoms with van der Waals surface area (Å²) in [5.41, 5.74) is 0.227. The topological polar surface area (TPSA) is 56.3 Å². The third kappa shape index (κ3) is 5.04. The number of hydrogen-bond acceptors (Lipinski definition) is 2. The molecule has 0 saturated heterocycles. The van der Waals surface area contributed by atoms with Crippen molar-refractivity contribution in [2.45, 2.75) is 26.2 Å². The van der Waals surface area contributed by atoms with Gasteiger partial charge in [-0.3, -0.25) is 0 Å². The molecule has 0 spiro atoms. The van der Waals surface area contributed by atoms with Gasteiger partial charge in [0, 0.05) is 11.1 Å². The lowest BCUT2D eigenvalue weighted by Gasteiger charge is -2.14. The van der Waals surface area contributed by atoms with Crippen LogP contribution in [0.1, 0.15) is 38.9 Å². The first-order valence-corrected chi connectivity index (χ1v) is 12.7. The Balaban J connectivity index is 1.87. The van der Waals surface area contributed by atoms with Crippen LogP contribution in [0, 0.1) is 49.7 Å². The molecule has 0 atom stereocenters. The minimum absolute atomic E-state index is 0.0193. The van der Waals surface area contributed by atoms with E-state index in [1.54, 1.807) is 0 Å². The van der Waals surface area contributed by atoms with Crippen LogP contribution in [0.5, 0.6) is 0 Å². The second-order valence-electron chi connectivity index (χ2n) is 10.2. The van der Waals surface area contributed by atoms with E-state index in [0.717, 1.165) is 24.3 Å². The quantitative estimate of drug-likeness (QED) is 0.116. The van der Waals surface area contributed by atoms with Crippen LogP contribution in [0.2, 0.25) is 0 Å². The molecule has 0 unspecified atom stereocenters. The molecule has 1 aliphatic rings. The van der Waals surface area contributed by atoms with Gasteiger partial charge in [-0.05, 0) is 106 Å². The molecule has 0 fully saturated rings. The van der Waals surface area contributed by atoms with Crippen molar-refractivity contribution in [2.75, 3.05) is 0 Å². The average molecular weight is 595 g/mol. The number of hydrogen-bond donors (Lipinski definition) is 0. The lowest BCUT2D eigenvalue weighted by atomic mass is 9.91. The van der Waals surface area contributed by atoms with Gasteiger partial charge >= 0.3 is 12.4 Å². The van der Waals surface area contributed by atoms with Crippen molar-refractivity contribution in [1.82, 2.24) is 0 Å². The van der Waals surface area contributed by atoms with E-state index >= 15 is 0 Å². The monoisotopic (exact) mass is 594 g/mol. The fraction of sp³-hybridized carbons (Fsp3) is 0.118. The van der Waals surface area contributed by atoms with Gasteiger partial charge in [-0.25, -0.2) is 15.0 Å². The molecule has 5 rings (SSSR count). The Morgan fingerprint density at radius 1 is 0.636 bits per heavy atom. The molecule has 0 radical (unpaired) electrons. The zero-order valence-corrected chi connectivity index (χ0v) is 22.8. The molecule has 0 N–H and O–H groups in total. The fourth-order valence-corrected chi connectivity index (χ4v) is 5.44. The SMILES string of the molecule is [C-]#[N+]/C(C#N)=C1/c2cc(C#N)c(-c3cc(C)cc(C(F)(F)F)c3)cc2-c2cc(-c3cc(C)cc(C(F)(F)F)c3)c([N+]#[C-])cc21. The summed E-state index contributed by atoms with van der Waals surface area (Å²) in [5.74, 6) is 0. The van der Waals surface area contributed by atoms with Crippen molar-refractivity contribution in [1.29, 1.82) is 10.5 Å². The Labute approximate surface area is 248 Å². The second-order valence-corrected chi connectivity index (χ2v) is 10.2. The van der Waals surface area contributed by atoms with E-state index in [0.29, 0.717) is 22.3 Å². The molecule has 0 amide bonds. The molecule has 44 heavy (non-hydrogen) atoms. The first-order valence-electron chi connectivity index (χ1n) is 12.7. The largest absolute Gasteiger partial charge is 0.416 e. The molecule has 0 aromatic heterocycles. The summed E-state index contributed by atoms with van der Waals surface area (Å²) in [6.45, 7) is 18.3. The first kappa shape index (κ1) is 29.6. The summed E-state index contributed by atoms with van der Waals surface area (Å²) in [7, 11) is 0. The van der Waals surface area contributed by atoms with E-state index in [-0.39, 0.29) is 55.9 Å². The number of alkyl halides is 6. The molecule has 0 heterocycles. The van der Waals surface area contributed by atoms with Gasteiger partial charge in [-0.15, -0.1) is 0 Å². The number of allylic oxidation sites excluding steroid dienone is 1. The van der Waals surface area contributed by atoms with Crippen molar-refractivity contribution in [3.63, 3.8) is 0 Å². The van der Waals surface area contributed by atoms with Gasteiger partial charge in [-0.2, -0.15) is 31.6 Å². The lowest BCUT2D eigenvalue weighted by molar-refractivity contribution is -0.138. The summed E-state index contributed by atoms with van der Waals surface area (Å²) < 4.78 is 82.0. The van der Waals surface area contributed by atoms with Crippen molar-refractivity contribution in [3.05, 3.63) is 128 Å². The van der Waals surface area contributed by atoms with Crippen molar-refractivity contribution < 1.29 is 26.3 Å². The van der Waals surface area contributed by atoms with E-state index in [1.165, 1.54) is 50.2 Å². The summed E-state index contributed by atoms with van der Waals surface area (Å²) in [6, 6.07) is 16.3. The van der Waals surface area contributed by atoms with Crippen LogP contribution < -0.4 is 0 Å². The Bertz CT molecular complexity index is 1960. The summed E-state index contributed by atoms with van der Waals surface area (Å²) in [6.07, 6.45) is -9.31. The third-order valence-electron chi connectivity index (χ3n) is 7.25. The smallest absolute Gasteiger partial charge is 0.237 e. The normalized spacial score (nSPS) is 13.2. The highest BCUT2D eigenvalue weighted by Gasteiger charge is 2.34. The lowest BCUT2D eigenvalue weighted by Crippen LogP contribution is -2.05. The minimum Gasteiger partial charge on any atom is -0.237 e. The number of rotatable bonds is 2. The highest BCUT2D eigenvalue weighted by Crippen LogP contribution is 2.52. The van der Waals surface area contributed by atoms with E-state index in [4.69, 9.17) is 13.1 Å². The maximum absolute atomic E-state index is 13.7. The number of benzene rings is 4. The van der Waals surface area contributed by atoms with Gasteiger partial charge in [0.15, 0.2) is 5.69 Å². The Morgan fingerprint density at radius 2 is 1.14 bits per heavy atom. The van der Waals surface area contributed by atoms with Crippen molar-refractivity contribution >= 4 is 11.3 Å². The second kappa shape index (κ2) is 10.5. The van der Waals surface area contributed by atoms with Crippen LogP contribution in [0.4, 0.5) is 32.0 Å². The number of halogens is 6. The molecule has 10 heteroatoms. The van der Waals surface area contributed by atoms with Crippen LogP contribution in [-0.4, -0.2) is 0 Å². The molecule has 0 bridgehead atoms. The number of nitrogens with zero attached hydrogens (tertiary/aromatic N) is 4. The molecule has 4 aromatic carbocycles. The summed E-state index contributed by atoms with van der Waals surface area (Å²) >= 11 is 0. The number of aryl methyl sites for hydroxylation is 2. The molecule has 0 aliphatic heterocycles. The minimum atomic E-state index is -4.65. The van der Waals surface area contributed by atoms with Gasteiger partial charge < -0.3 is 0 Å². The molecule has 214 valence electrons. The van der Waals surface area contributed by atoms with Gasteiger partial charge in [0.2, 0.25) is 0 Å². The van der Waals surface area contributed by atoms with Crippen molar-refractivity contribution in [3.8, 4) is 45.5 Å². The highest BCUT2D eigenvalue weighted by molar-refractivity contribution is 6.07. The van der Waals surface area contributed by atoms with E-state index in [1.807, 2.05) is 12.1 Å². The maximum atomic E-state index is 13.7. The Morgan fingerprint density at radius 3 is 1.59 bits per heavy atom. The van der Waals surface area contributed by atoms with Crippen LogP contribution in [0.15, 0.2) is 66.4 Å². The summed E-state index contributed by atoms with van der Waals surface area (Å²) in [4.78, 5) is 6.84. The van der Waals surface area contributed by atoms with Gasteiger partial charge in [0.25, 0.3) is 5.70 Å². The van der Waals surface area contributed by atoms with Crippen molar-refractivity contribution in [2.24, 2.45) is 0 Å². The van der Waals surface area contributed by atoms with E-state index in [2.05, 4.69) is 9.69 Å². The fourth-order valence-electron chi connectivity index (χ4n) is 5.44. The van der Waals surface area contributed by atoms with Crippen LogP contribution in [0.3, 0.4) is 0 Å². The zero-order valence-electron chi connectivity index (χ0n) is 22.8. The first-order chi connectivity index (χ1) is 20.7. The van der Waals surface area contributed by atoms with E-state index < -0.39 is 23.5 Å². The van der Waals surface area contributed by atoms with Gasteiger partial charge in [-0.1, -0.05) is 18.2 Å². The third-order valence-corrected chi connectivity index (χ3v) is 7.25. The van der Waals surface area contributed by atoms with Crippen LogP contribution in [-0.2, 0) is 12.4 Å². The molecule has 4 aromatic rings. The summed E-state index contributed by atoms with van der Waals surface area (Å²) in [5, 5.41) is 19.8. The van der Waals surface area contributed by atoms with Gasteiger partial charge in [0.1, 0.15) is 0 Å². The van der Waals surface area contributed by atoms with Crippen LogP contribution in [0.25, 0.3) is 48.6 Å². The average Bonchev–Trinajstić information content (AvgIpc) is 3.27. The molecule has 1 aliphatic carbocycles.